The average molecular weight is 425 g/mol. The van der Waals surface area contributed by atoms with E-state index in [9.17, 15) is 4.79 Å². The van der Waals surface area contributed by atoms with Gasteiger partial charge in [0.1, 0.15) is 5.02 Å². The Morgan fingerprint density at radius 1 is 0.900 bits per heavy atom. The SMILES string of the molecule is CCn1c(CN2CCN(c3ccc(C)c(C)c3)CC2)c(Cl)c(=O)n1-c1ccccc1. The van der Waals surface area contributed by atoms with Gasteiger partial charge >= 0.3 is 0 Å². The van der Waals surface area contributed by atoms with Gasteiger partial charge in [-0.3, -0.25) is 14.4 Å². The first kappa shape index (κ1) is 20.8. The first-order valence-electron chi connectivity index (χ1n) is 10.6. The fourth-order valence-electron chi connectivity index (χ4n) is 4.17. The predicted molar refractivity (Wildman–Crippen MR) is 124 cm³/mol. The van der Waals surface area contributed by atoms with Crippen molar-refractivity contribution in [3.8, 4) is 5.69 Å². The number of aromatic nitrogens is 2. The highest BCUT2D eigenvalue weighted by Gasteiger charge is 2.23. The number of nitrogens with zero attached hydrogens (tertiary/aromatic N) is 4. The quantitative estimate of drug-likeness (QED) is 0.613. The molecule has 0 aliphatic carbocycles. The van der Waals surface area contributed by atoms with E-state index in [2.05, 4.69) is 48.8 Å². The Kier molecular flexibility index (Phi) is 6.02. The Bertz CT molecular complexity index is 1080. The molecule has 1 saturated heterocycles. The molecule has 6 heteroatoms. The van der Waals surface area contributed by atoms with Crippen LogP contribution in [-0.4, -0.2) is 40.4 Å². The number of anilines is 1. The molecule has 1 aliphatic rings. The molecule has 0 amide bonds. The van der Waals surface area contributed by atoms with Crippen molar-refractivity contribution in [2.75, 3.05) is 31.1 Å². The zero-order valence-electron chi connectivity index (χ0n) is 17.9. The van der Waals surface area contributed by atoms with Crippen LogP contribution in [0, 0.1) is 13.8 Å². The van der Waals surface area contributed by atoms with Gasteiger partial charge in [-0.15, -0.1) is 0 Å². The molecular formula is C24H29ClN4O. The minimum Gasteiger partial charge on any atom is -0.369 e. The van der Waals surface area contributed by atoms with Crippen LogP contribution in [0.25, 0.3) is 5.69 Å². The monoisotopic (exact) mass is 424 g/mol. The molecule has 0 saturated carbocycles. The summed E-state index contributed by atoms with van der Waals surface area (Å²) in [5.41, 5.74) is 5.54. The normalized spacial score (nSPS) is 15.0. The zero-order chi connectivity index (χ0) is 21.3. The van der Waals surface area contributed by atoms with E-state index in [-0.39, 0.29) is 5.56 Å². The maximum atomic E-state index is 12.9. The summed E-state index contributed by atoms with van der Waals surface area (Å²) in [6.45, 7) is 11.6. The lowest BCUT2D eigenvalue weighted by Gasteiger charge is -2.36. The molecule has 2 aromatic carbocycles. The first-order valence-corrected chi connectivity index (χ1v) is 11.0. The van der Waals surface area contributed by atoms with E-state index >= 15 is 0 Å². The largest absolute Gasteiger partial charge is 0.369 e. The van der Waals surface area contributed by atoms with Gasteiger partial charge in [-0.2, -0.15) is 0 Å². The highest BCUT2D eigenvalue weighted by molar-refractivity contribution is 6.31. The molecule has 30 heavy (non-hydrogen) atoms. The van der Waals surface area contributed by atoms with Crippen LogP contribution in [0.1, 0.15) is 23.7 Å². The maximum absolute atomic E-state index is 12.9. The van der Waals surface area contributed by atoms with Crippen molar-refractivity contribution in [1.82, 2.24) is 14.3 Å². The molecule has 0 bridgehead atoms. The van der Waals surface area contributed by atoms with Gasteiger partial charge in [0.05, 0.1) is 11.4 Å². The van der Waals surface area contributed by atoms with Gasteiger partial charge in [0, 0.05) is 45.0 Å². The summed E-state index contributed by atoms with van der Waals surface area (Å²) >= 11 is 6.53. The maximum Gasteiger partial charge on any atom is 0.290 e. The lowest BCUT2D eigenvalue weighted by Crippen LogP contribution is -2.46. The topological polar surface area (TPSA) is 33.4 Å². The van der Waals surface area contributed by atoms with Gasteiger partial charge in [0.2, 0.25) is 0 Å². The molecule has 2 heterocycles. The fourth-order valence-corrected chi connectivity index (χ4v) is 4.40. The van der Waals surface area contributed by atoms with Crippen LogP contribution in [0.4, 0.5) is 5.69 Å². The van der Waals surface area contributed by atoms with Crippen LogP contribution >= 0.6 is 11.6 Å². The number of hydrogen-bond acceptors (Lipinski definition) is 3. The summed E-state index contributed by atoms with van der Waals surface area (Å²) in [6, 6.07) is 16.4. The highest BCUT2D eigenvalue weighted by atomic mass is 35.5. The van der Waals surface area contributed by atoms with Crippen molar-refractivity contribution >= 4 is 17.3 Å². The van der Waals surface area contributed by atoms with E-state index in [1.807, 2.05) is 35.0 Å². The van der Waals surface area contributed by atoms with Crippen molar-refractivity contribution in [3.63, 3.8) is 0 Å². The summed E-state index contributed by atoms with van der Waals surface area (Å²) in [7, 11) is 0. The number of para-hydroxylation sites is 1. The number of benzene rings is 2. The summed E-state index contributed by atoms with van der Waals surface area (Å²) in [5.74, 6) is 0. The molecule has 4 rings (SSSR count). The molecule has 0 spiro atoms. The summed E-state index contributed by atoms with van der Waals surface area (Å²) in [4.78, 5) is 17.7. The van der Waals surface area contributed by atoms with Crippen molar-refractivity contribution in [2.45, 2.75) is 33.9 Å². The third-order valence-electron chi connectivity index (χ3n) is 6.09. The summed E-state index contributed by atoms with van der Waals surface area (Å²) < 4.78 is 3.71. The minimum absolute atomic E-state index is 0.145. The van der Waals surface area contributed by atoms with E-state index in [0.29, 0.717) is 18.1 Å². The van der Waals surface area contributed by atoms with Crippen molar-refractivity contribution < 1.29 is 0 Å². The van der Waals surface area contributed by atoms with E-state index < -0.39 is 0 Å². The number of aryl methyl sites for hydroxylation is 2. The fraction of sp³-hybridized carbons (Fsp3) is 0.375. The van der Waals surface area contributed by atoms with E-state index in [0.717, 1.165) is 37.6 Å². The van der Waals surface area contributed by atoms with Crippen LogP contribution in [0.15, 0.2) is 53.3 Å². The third kappa shape index (κ3) is 3.92. The molecule has 1 aliphatic heterocycles. The zero-order valence-corrected chi connectivity index (χ0v) is 18.7. The summed E-state index contributed by atoms with van der Waals surface area (Å²) in [5, 5.41) is 0.331. The van der Waals surface area contributed by atoms with E-state index in [1.165, 1.54) is 16.8 Å². The van der Waals surface area contributed by atoms with E-state index in [1.54, 1.807) is 4.68 Å². The first-order chi connectivity index (χ1) is 14.5. The van der Waals surface area contributed by atoms with Crippen LogP contribution in [0.5, 0.6) is 0 Å². The Labute approximate surface area is 183 Å². The number of piperazine rings is 1. The Morgan fingerprint density at radius 2 is 1.60 bits per heavy atom. The van der Waals surface area contributed by atoms with Crippen LogP contribution in [0.2, 0.25) is 5.02 Å². The number of halogens is 1. The second-order valence-electron chi connectivity index (χ2n) is 7.96. The lowest BCUT2D eigenvalue weighted by molar-refractivity contribution is 0.241. The van der Waals surface area contributed by atoms with Gasteiger partial charge in [-0.25, -0.2) is 4.68 Å². The van der Waals surface area contributed by atoms with Crippen LogP contribution in [-0.2, 0) is 13.1 Å². The Morgan fingerprint density at radius 3 is 2.23 bits per heavy atom. The van der Waals surface area contributed by atoms with Crippen molar-refractivity contribution in [3.05, 3.63) is 80.7 Å². The second kappa shape index (κ2) is 8.70. The molecule has 0 radical (unpaired) electrons. The standard InChI is InChI=1S/C24H29ClN4O/c1-4-28-22(23(25)24(30)29(28)20-8-6-5-7-9-20)17-26-12-14-27(15-13-26)21-11-10-18(2)19(3)16-21/h5-11,16H,4,12-15,17H2,1-3H3. The number of rotatable bonds is 5. The lowest BCUT2D eigenvalue weighted by atomic mass is 10.1. The molecule has 3 aromatic rings. The van der Waals surface area contributed by atoms with Gasteiger partial charge in [0.25, 0.3) is 5.56 Å². The van der Waals surface area contributed by atoms with Crippen molar-refractivity contribution in [2.24, 2.45) is 0 Å². The highest BCUT2D eigenvalue weighted by Crippen LogP contribution is 2.22. The van der Waals surface area contributed by atoms with E-state index in [4.69, 9.17) is 11.6 Å². The third-order valence-corrected chi connectivity index (χ3v) is 6.47. The van der Waals surface area contributed by atoms with Gasteiger partial charge in [-0.1, -0.05) is 35.9 Å². The molecule has 158 valence electrons. The van der Waals surface area contributed by atoms with Gasteiger partial charge < -0.3 is 4.90 Å². The molecule has 1 aromatic heterocycles. The van der Waals surface area contributed by atoms with Gasteiger partial charge in [0.15, 0.2) is 0 Å². The van der Waals surface area contributed by atoms with Crippen LogP contribution < -0.4 is 10.5 Å². The molecule has 1 fully saturated rings. The number of hydrogen-bond donors (Lipinski definition) is 0. The summed E-state index contributed by atoms with van der Waals surface area (Å²) in [6.07, 6.45) is 0. The smallest absolute Gasteiger partial charge is 0.290 e. The predicted octanol–water partition coefficient (Wildman–Crippen LogP) is 4.25. The average Bonchev–Trinajstić information content (AvgIpc) is 3.01. The minimum atomic E-state index is -0.145. The molecule has 0 atom stereocenters. The van der Waals surface area contributed by atoms with Crippen LogP contribution in [0.3, 0.4) is 0 Å². The molecule has 0 N–H and O–H groups in total. The molecule has 0 unspecified atom stereocenters. The van der Waals surface area contributed by atoms with Gasteiger partial charge in [-0.05, 0) is 56.2 Å². The molecular weight excluding hydrogens is 396 g/mol. The second-order valence-corrected chi connectivity index (χ2v) is 8.34. The Balaban J connectivity index is 1.52. The Hall–Kier alpha value is -2.50. The van der Waals surface area contributed by atoms with Crippen molar-refractivity contribution in [1.29, 1.82) is 0 Å². The molecule has 5 nitrogen and oxygen atoms in total.